The Bertz CT molecular complexity index is 2680. The van der Waals surface area contributed by atoms with Gasteiger partial charge in [0.1, 0.15) is 0 Å². The van der Waals surface area contributed by atoms with E-state index < -0.39 is 0 Å². The van der Waals surface area contributed by atoms with Crippen LogP contribution in [0.2, 0.25) is 0 Å². The second kappa shape index (κ2) is 13.7. The lowest BCUT2D eigenvalue weighted by Crippen LogP contribution is -2.31. The van der Waals surface area contributed by atoms with Crippen molar-refractivity contribution in [2.45, 2.75) is 12.8 Å². The van der Waals surface area contributed by atoms with Crippen LogP contribution in [0.3, 0.4) is 0 Å². The van der Waals surface area contributed by atoms with E-state index in [0.29, 0.717) is 11.8 Å². The van der Waals surface area contributed by atoms with Crippen LogP contribution in [0.25, 0.3) is 55.3 Å². The van der Waals surface area contributed by atoms with Gasteiger partial charge in [-0.15, -0.1) is 0 Å². The summed E-state index contributed by atoms with van der Waals surface area (Å²) >= 11 is 0. The standard InChI is InChI=1S/C52H40N2/c1-3-12-37(13-4-1)39-22-29-44(30-23-39)53(50-21-11-17-42-16-7-8-18-47(42)50)45-31-24-40(25-32-45)41-26-33-46(34-27-41)54-51-20-10-9-19-48(51)49-36-43(28-35-52(49)54)38-14-5-2-6-15-38/h1-24,26-31,33-36,42,47H,25,32H2. The van der Waals surface area contributed by atoms with E-state index in [-0.39, 0.29) is 0 Å². The summed E-state index contributed by atoms with van der Waals surface area (Å²) in [5.41, 5.74) is 15.1. The highest BCUT2D eigenvalue weighted by atomic mass is 15.2. The molecule has 7 aromatic rings. The molecular formula is C52H40N2. The number of rotatable bonds is 7. The predicted molar refractivity (Wildman–Crippen MR) is 228 cm³/mol. The monoisotopic (exact) mass is 692 g/mol. The molecule has 0 radical (unpaired) electrons. The Hall–Kier alpha value is -6.64. The third kappa shape index (κ3) is 5.77. The molecule has 2 heteroatoms. The summed E-state index contributed by atoms with van der Waals surface area (Å²) < 4.78 is 2.41. The van der Waals surface area contributed by atoms with Gasteiger partial charge in [-0.05, 0) is 101 Å². The quantitative estimate of drug-likeness (QED) is 0.161. The molecule has 0 fully saturated rings. The van der Waals surface area contributed by atoms with Crippen molar-refractivity contribution in [3.63, 3.8) is 0 Å². The maximum Gasteiger partial charge on any atom is 0.0541 e. The first kappa shape index (κ1) is 32.0. The molecule has 258 valence electrons. The molecule has 3 aliphatic carbocycles. The van der Waals surface area contributed by atoms with E-state index in [1.807, 2.05) is 0 Å². The molecule has 0 saturated heterocycles. The van der Waals surface area contributed by atoms with Crippen molar-refractivity contribution in [2.24, 2.45) is 11.8 Å². The number of fused-ring (bicyclic) bond motifs is 4. The Morgan fingerprint density at radius 2 is 1.09 bits per heavy atom. The molecule has 0 saturated carbocycles. The topological polar surface area (TPSA) is 8.17 Å². The van der Waals surface area contributed by atoms with Crippen LogP contribution in [0.15, 0.2) is 218 Å². The van der Waals surface area contributed by atoms with E-state index in [0.717, 1.165) is 12.8 Å². The fourth-order valence-electron chi connectivity index (χ4n) is 8.57. The van der Waals surface area contributed by atoms with Crippen molar-refractivity contribution >= 4 is 33.1 Å². The maximum atomic E-state index is 2.52. The first-order chi connectivity index (χ1) is 26.8. The number of benzene rings is 6. The van der Waals surface area contributed by atoms with E-state index in [1.54, 1.807) is 0 Å². The summed E-state index contributed by atoms with van der Waals surface area (Å²) in [6.45, 7) is 0. The summed E-state index contributed by atoms with van der Waals surface area (Å²) in [5, 5.41) is 2.55. The van der Waals surface area contributed by atoms with Gasteiger partial charge in [-0.3, -0.25) is 0 Å². The minimum absolute atomic E-state index is 0.304. The van der Waals surface area contributed by atoms with E-state index in [1.165, 1.54) is 78.0 Å². The molecule has 0 N–H and O–H groups in total. The van der Waals surface area contributed by atoms with Crippen LogP contribution in [-0.4, -0.2) is 4.57 Å². The van der Waals surface area contributed by atoms with Gasteiger partial charge in [-0.1, -0.05) is 152 Å². The van der Waals surface area contributed by atoms with Gasteiger partial charge >= 0.3 is 0 Å². The van der Waals surface area contributed by atoms with Crippen LogP contribution in [0, 0.1) is 11.8 Å². The Morgan fingerprint density at radius 3 is 1.85 bits per heavy atom. The minimum Gasteiger partial charge on any atom is -0.317 e. The molecule has 0 aliphatic heterocycles. The molecule has 54 heavy (non-hydrogen) atoms. The molecule has 2 unspecified atom stereocenters. The van der Waals surface area contributed by atoms with Crippen molar-refractivity contribution in [1.29, 1.82) is 0 Å². The zero-order valence-electron chi connectivity index (χ0n) is 30.1. The van der Waals surface area contributed by atoms with Crippen molar-refractivity contribution in [2.75, 3.05) is 4.90 Å². The maximum absolute atomic E-state index is 2.52. The van der Waals surface area contributed by atoms with Gasteiger partial charge in [0, 0.05) is 45.4 Å². The number of allylic oxidation sites excluding steroid dienone is 11. The summed E-state index contributed by atoms with van der Waals surface area (Å²) in [4.78, 5) is 2.52. The molecular weight excluding hydrogens is 653 g/mol. The SMILES string of the molecule is C1=CC2C=CC=C(N(C3=CC=C(c4ccc(-n5c6ccccc6c6cc(-c7ccccc7)ccc65)cc4)CC3)c3ccc(-c4ccccc4)cc3)C2C=C1. The molecule has 2 nitrogen and oxygen atoms in total. The van der Waals surface area contributed by atoms with E-state index in [2.05, 4.69) is 216 Å². The second-order valence-corrected chi connectivity index (χ2v) is 14.4. The Labute approximate surface area is 317 Å². The van der Waals surface area contributed by atoms with Crippen LogP contribution in [0.1, 0.15) is 18.4 Å². The molecule has 0 spiro atoms. The summed E-state index contributed by atoms with van der Waals surface area (Å²) in [7, 11) is 0. The van der Waals surface area contributed by atoms with Crippen molar-refractivity contribution in [3.8, 4) is 27.9 Å². The zero-order valence-corrected chi connectivity index (χ0v) is 30.1. The summed E-state index contributed by atoms with van der Waals surface area (Å²) in [6.07, 6.45) is 22.6. The van der Waals surface area contributed by atoms with Gasteiger partial charge in [-0.2, -0.15) is 0 Å². The molecule has 1 heterocycles. The Morgan fingerprint density at radius 1 is 0.463 bits per heavy atom. The van der Waals surface area contributed by atoms with E-state index >= 15 is 0 Å². The number of aromatic nitrogens is 1. The number of para-hydroxylation sites is 1. The highest BCUT2D eigenvalue weighted by Gasteiger charge is 2.30. The largest absolute Gasteiger partial charge is 0.317 e. The molecule has 0 amide bonds. The number of hydrogen-bond donors (Lipinski definition) is 0. The molecule has 1 aromatic heterocycles. The smallest absolute Gasteiger partial charge is 0.0541 e. The Balaban J connectivity index is 0.982. The second-order valence-electron chi connectivity index (χ2n) is 14.4. The summed E-state index contributed by atoms with van der Waals surface area (Å²) in [6, 6.07) is 55.2. The lowest BCUT2D eigenvalue weighted by Gasteiger charge is -2.38. The zero-order chi connectivity index (χ0) is 35.8. The highest BCUT2D eigenvalue weighted by Crippen LogP contribution is 2.41. The van der Waals surface area contributed by atoms with Crippen LogP contribution in [0.5, 0.6) is 0 Å². The van der Waals surface area contributed by atoms with Gasteiger partial charge < -0.3 is 9.47 Å². The molecule has 0 bridgehead atoms. The normalized spacial score (nSPS) is 17.6. The van der Waals surface area contributed by atoms with Crippen LogP contribution in [-0.2, 0) is 0 Å². The number of hydrogen-bond acceptors (Lipinski definition) is 1. The van der Waals surface area contributed by atoms with Gasteiger partial charge in [0.25, 0.3) is 0 Å². The lowest BCUT2D eigenvalue weighted by molar-refractivity contribution is 0.604. The van der Waals surface area contributed by atoms with Crippen LogP contribution >= 0.6 is 0 Å². The van der Waals surface area contributed by atoms with Crippen LogP contribution < -0.4 is 4.90 Å². The molecule has 2 atom stereocenters. The van der Waals surface area contributed by atoms with Gasteiger partial charge in [0.2, 0.25) is 0 Å². The van der Waals surface area contributed by atoms with Gasteiger partial charge in [0.05, 0.1) is 11.0 Å². The van der Waals surface area contributed by atoms with Crippen molar-refractivity contribution in [1.82, 2.24) is 4.57 Å². The third-order valence-corrected chi connectivity index (χ3v) is 11.3. The fourth-order valence-corrected chi connectivity index (χ4v) is 8.57. The molecule has 6 aromatic carbocycles. The first-order valence-corrected chi connectivity index (χ1v) is 19.1. The van der Waals surface area contributed by atoms with Crippen molar-refractivity contribution in [3.05, 3.63) is 223 Å². The number of anilines is 1. The van der Waals surface area contributed by atoms with Crippen LogP contribution in [0.4, 0.5) is 5.69 Å². The van der Waals surface area contributed by atoms with Crippen molar-refractivity contribution < 1.29 is 0 Å². The molecule has 10 rings (SSSR count). The first-order valence-electron chi connectivity index (χ1n) is 19.1. The number of nitrogens with zero attached hydrogens (tertiary/aromatic N) is 2. The average Bonchev–Trinajstić information content (AvgIpc) is 3.59. The molecule has 3 aliphatic rings. The van der Waals surface area contributed by atoms with Gasteiger partial charge in [0.15, 0.2) is 0 Å². The van der Waals surface area contributed by atoms with Gasteiger partial charge in [-0.25, -0.2) is 0 Å². The third-order valence-electron chi connectivity index (χ3n) is 11.3. The highest BCUT2D eigenvalue weighted by molar-refractivity contribution is 6.10. The summed E-state index contributed by atoms with van der Waals surface area (Å²) in [5.74, 6) is 0.675. The average molecular weight is 693 g/mol. The lowest BCUT2D eigenvalue weighted by atomic mass is 9.81. The fraction of sp³-hybridized carbons (Fsp3) is 0.0769. The minimum atomic E-state index is 0.304. The van der Waals surface area contributed by atoms with E-state index in [4.69, 9.17) is 0 Å². The Kier molecular flexibility index (Phi) is 8.15. The predicted octanol–water partition coefficient (Wildman–Crippen LogP) is 13.5. The van der Waals surface area contributed by atoms with E-state index in [9.17, 15) is 0 Å².